The van der Waals surface area contributed by atoms with Crippen molar-refractivity contribution in [3.05, 3.63) is 0 Å². The van der Waals surface area contributed by atoms with E-state index in [1.165, 1.54) is 0 Å². The van der Waals surface area contributed by atoms with Crippen LogP contribution in [-0.4, -0.2) is 73.6 Å². The molecule has 1 amide bonds. The number of hydrogen-bond donors (Lipinski definition) is 1. The topological polar surface area (TPSA) is 61.9 Å². The molecule has 1 aliphatic rings. The maximum Gasteiger partial charge on any atom is 0.320 e. The van der Waals surface area contributed by atoms with Crippen LogP contribution >= 0.6 is 0 Å². The molecular weight excluding hydrogens is 258 g/mol. The van der Waals surface area contributed by atoms with E-state index >= 15 is 0 Å². The molecule has 1 heterocycles. The van der Waals surface area contributed by atoms with Gasteiger partial charge in [-0.25, -0.2) is 0 Å². The number of carbonyl (C=O) groups excluding carboxylic acids is 2. The summed E-state index contributed by atoms with van der Waals surface area (Å²) in [4.78, 5) is 27.4. The molecule has 6 heteroatoms. The van der Waals surface area contributed by atoms with E-state index in [4.69, 9.17) is 4.74 Å². The number of piperazine rings is 1. The third kappa shape index (κ3) is 6.34. The van der Waals surface area contributed by atoms with E-state index in [-0.39, 0.29) is 17.9 Å². The van der Waals surface area contributed by atoms with Gasteiger partial charge in [-0.15, -0.1) is 0 Å². The molecule has 1 rings (SSSR count). The monoisotopic (exact) mass is 285 g/mol. The van der Waals surface area contributed by atoms with Crippen LogP contribution in [-0.2, 0) is 14.3 Å². The lowest BCUT2D eigenvalue weighted by Crippen LogP contribution is -2.51. The summed E-state index contributed by atoms with van der Waals surface area (Å²) in [5.41, 5.74) is 0. The van der Waals surface area contributed by atoms with E-state index in [1.807, 2.05) is 13.8 Å². The molecule has 1 N–H and O–H groups in total. The standard InChI is InChI=1S/C14H27N3O3/c1-4-12(3)15-13(18)10-16-6-8-17(9-7-16)11-14(19)20-5-2/h12H,4-11H2,1-3H3,(H,15,18). The van der Waals surface area contributed by atoms with Crippen LogP contribution in [0.3, 0.4) is 0 Å². The van der Waals surface area contributed by atoms with Crippen molar-refractivity contribution in [2.24, 2.45) is 0 Å². The number of nitrogens with zero attached hydrogens (tertiary/aromatic N) is 2. The van der Waals surface area contributed by atoms with Crippen molar-refractivity contribution in [1.29, 1.82) is 0 Å². The van der Waals surface area contributed by atoms with E-state index in [2.05, 4.69) is 22.0 Å². The Morgan fingerprint density at radius 2 is 1.65 bits per heavy atom. The lowest BCUT2D eigenvalue weighted by Gasteiger charge is -2.33. The van der Waals surface area contributed by atoms with Crippen LogP contribution in [0.5, 0.6) is 0 Å². The van der Waals surface area contributed by atoms with Crippen LogP contribution < -0.4 is 5.32 Å². The van der Waals surface area contributed by atoms with Gasteiger partial charge in [0, 0.05) is 32.2 Å². The summed E-state index contributed by atoms with van der Waals surface area (Å²) in [6.07, 6.45) is 0.944. The van der Waals surface area contributed by atoms with Crippen LogP contribution in [0.4, 0.5) is 0 Å². The Morgan fingerprint density at radius 3 is 2.15 bits per heavy atom. The Labute approximate surface area is 121 Å². The van der Waals surface area contributed by atoms with Crippen LogP contribution in [0.1, 0.15) is 27.2 Å². The molecule has 1 unspecified atom stereocenters. The van der Waals surface area contributed by atoms with E-state index in [1.54, 1.807) is 0 Å². The number of nitrogens with one attached hydrogen (secondary N) is 1. The van der Waals surface area contributed by atoms with Gasteiger partial charge in [-0.2, -0.15) is 0 Å². The van der Waals surface area contributed by atoms with E-state index in [9.17, 15) is 9.59 Å². The number of amides is 1. The minimum absolute atomic E-state index is 0.0817. The molecule has 0 bridgehead atoms. The molecule has 0 spiro atoms. The van der Waals surface area contributed by atoms with Gasteiger partial charge < -0.3 is 10.1 Å². The van der Waals surface area contributed by atoms with Gasteiger partial charge in [0.05, 0.1) is 19.7 Å². The number of ether oxygens (including phenoxy) is 1. The molecule has 1 atom stereocenters. The Bertz CT molecular complexity index is 315. The number of rotatable bonds is 7. The molecule has 1 fully saturated rings. The van der Waals surface area contributed by atoms with Gasteiger partial charge in [-0.05, 0) is 20.3 Å². The largest absolute Gasteiger partial charge is 0.465 e. The van der Waals surface area contributed by atoms with E-state index in [0.29, 0.717) is 19.7 Å². The van der Waals surface area contributed by atoms with Crippen LogP contribution in [0, 0.1) is 0 Å². The predicted molar refractivity (Wildman–Crippen MR) is 77.4 cm³/mol. The van der Waals surface area contributed by atoms with Gasteiger partial charge >= 0.3 is 5.97 Å². The van der Waals surface area contributed by atoms with Gasteiger partial charge in [0.2, 0.25) is 5.91 Å². The summed E-state index contributed by atoms with van der Waals surface area (Å²) in [7, 11) is 0. The predicted octanol–water partition coefficient (Wildman–Crippen LogP) is 0.0818. The van der Waals surface area contributed by atoms with Gasteiger partial charge in [0.1, 0.15) is 0 Å². The van der Waals surface area contributed by atoms with Gasteiger partial charge in [-0.3, -0.25) is 19.4 Å². The van der Waals surface area contributed by atoms with Crippen molar-refractivity contribution < 1.29 is 14.3 Å². The second kappa shape index (κ2) is 8.92. The smallest absolute Gasteiger partial charge is 0.320 e. The average Bonchev–Trinajstić information content (AvgIpc) is 2.41. The highest BCUT2D eigenvalue weighted by Crippen LogP contribution is 2.02. The highest BCUT2D eigenvalue weighted by molar-refractivity contribution is 5.78. The molecular formula is C14H27N3O3. The fourth-order valence-electron chi connectivity index (χ4n) is 2.12. The molecule has 0 aromatic carbocycles. The first-order valence-electron chi connectivity index (χ1n) is 7.44. The maximum atomic E-state index is 11.8. The number of hydrogen-bond acceptors (Lipinski definition) is 5. The fourth-order valence-corrected chi connectivity index (χ4v) is 2.12. The molecule has 6 nitrogen and oxygen atoms in total. The molecule has 1 aliphatic heterocycles. The molecule has 0 aliphatic carbocycles. The maximum absolute atomic E-state index is 11.8. The van der Waals surface area contributed by atoms with Gasteiger partial charge in [-0.1, -0.05) is 6.92 Å². The SMILES string of the molecule is CCOC(=O)CN1CCN(CC(=O)NC(C)CC)CC1. The molecule has 0 aromatic rings. The summed E-state index contributed by atoms with van der Waals surface area (Å²) >= 11 is 0. The van der Waals surface area contributed by atoms with Crippen molar-refractivity contribution in [2.75, 3.05) is 45.9 Å². The van der Waals surface area contributed by atoms with E-state index < -0.39 is 0 Å². The Kier molecular flexibility index (Phi) is 7.54. The van der Waals surface area contributed by atoms with Gasteiger partial charge in [0.15, 0.2) is 0 Å². The highest BCUT2D eigenvalue weighted by atomic mass is 16.5. The minimum atomic E-state index is -0.171. The van der Waals surface area contributed by atoms with E-state index in [0.717, 1.165) is 32.6 Å². The third-order valence-corrected chi connectivity index (χ3v) is 3.51. The van der Waals surface area contributed by atoms with Crippen molar-refractivity contribution in [2.45, 2.75) is 33.2 Å². The molecule has 0 radical (unpaired) electrons. The Balaban J connectivity index is 2.21. The lowest BCUT2D eigenvalue weighted by atomic mass is 10.2. The second-order valence-corrected chi connectivity index (χ2v) is 5.23. The molecule has 1 saturated heterocycles. The summed E-state index contributed by atoms with van der Waals surface area (Å²) in [6.45, 7) is 10.3. The average molecular weight is 285 g/mol. The van der Waals surface area contributed by atoms with Crippen LogP contribution in [0.15, 0.2) is 0 Å². The summed E-state index contributed by atoms with van der Waals surface area (Å²) in [5.74, 6) is -0.0892. The number of carbonyl (C=O) groups is 2. The Hall–Kier alpha value is -1.14. The lowest BCUT2D eigenvalue weighted by molar-refractivity contribution is -0.145. The summed E-state index contributed by atoms with van der Waals surface area (Å²) in [5, 5.41) is 2.97. The first-order chi connectivity index (χ1) is 9.55. The fraction of sp³-hybridized carbons (Fsp3) is 0.857. The zero-order chi connectivity index (χ0) is 15.0. The zero-order valence-corrected chi connectivity index (χ0v) is 12.9. The summed E-state index contributed by atoms with van der Waals surface area (Å²) in [6, 6.07) is 0.229. The van der Waals surface area contributed by atoms with Crippen molar-refractivity contribution in [1.82, 2.24) is 15.1 Å². The van der Waals surface area contributed by atoms with Crippen LogP contribution in [0.25, 0.3) is 0 Å². The third-order valence-electron chi connectivity index (χ3n) is 3.51. The van der Waals surface area contributed by atoms with Crippen molar-refractivity contribution >= 4 is 11.9 Å². The molecule has 116 valence electrons. The Morgan fingerprint density at radius 1 is 1.10 bits per heavy atom. The second-order valence-electron chi connectivity index (χ2n) is 5.23. The normalized spacial score (nSPS) is 18.6. The van der Waals surface area contributed by atoms with Gasteiger partial charge in [0.25, 0.3) is 0 Å². The molecule has 20 heavy (non-hydrogen) atoms. The van der Waals surface area contributed by atoms with Crippen molar-refractivity contribution in [3.63, 3.8) is 0 Å². The highest BCUT2D eigenvalue weighted by Gasteiger charge is 2.21. The minimum Gasteiger partial charge on any atom is -0.465 e. The zero-order valence-electron chi connectivity index (χ0n) is 12.9. The first-order valence-corrected chi connectivity index (χ1v) is 7.44. The number of esters is 1. The van der Waals surface area contributed by atoms with Crippen molar-refractivity contribution in [3.8, 4) is 0 Å². The van der Waals surface area contributed by atoms with Crippen LogP contribution in [0.2, 0.25) is 0 Å². The molecule has 0 aromatic heterocycles. The molecule has 0 saturated carbocycles. The summed E-state index contributed by atoms with van der Waals surface area (Å²) < 4.78 is 4.93. The first kappa shape index (κ1) is 16.9. The quantitative estimate of drug-likeness (QED) is 0.671.